The second-order valence-corrected chi connectivity index (χ2v) is 4.86. The van der Waals surface area contributed by atoms with E-state index in [-0.39, 0.29) is 12.5 Å². The van der Waals surface area contributed by atoms with Crippen LogP contribution in [0.4, 0.5) is 5.69 Å². The molecule has 0 atom stereocenters. The van der Waals surface area contributed by atoms with Crippen molar-refractivity contribution in [2.24, 2.45) is 0 Å². The smallest absolute Gasteiger partial charge is 0.246 e. The van der Waals surface area contributed by atoms with Gasteiger partial charge in [-0.15, -0.1) is 5.10 Å². The number of nitrogens with one attached hydrogen (secondary N) is 1. The van der Waals surface area contributed by atoms with Gasteiger partial charge >= 0.3 is 0 Å². The average molecular weight is 258 g/mol. The van der Waals surface area contributed by atoms with Crippen LogP contribution in [0.2, 0.25) is 0 Å². The molecule has 5 nitrogen and oxygen atoms in total. The van der Waals surface area contributed by atoms with Gasteiger partial charge in [-0.05, 0) is 30.5 Å². The van der Waals surface area contributed by atoms with E-state index in [2.05, 4.69) is 29.5 Å². The van der Waals surface area contributed by atoms with Crippen LogP contribution in [0.1, 0.15) is 31.0 Å². The van der Waals surface area contributed by atoms with Gasteiger partial charge in [0.25, 0.3) is 0 Å². The fourth-order valence-electron chi connectivity index (χ4n) is 1.75. The Balaban J connectivity index is 1.97. The highest BCUT2D eigenvalue weighted by Crippen LogP contribution is 2.17. The predicted molar refractivity (Wildman–Crippen MR) is 73.9 cm³/mol. The molecule has 19 heavy (non-hydrogen) atoms. The van der Waals surface area contributed by atoms with Crippen LogP contribution in [0, 0.1) is 6.92 Å². The lowest BCUT2D eigenvalue weighted by atomic mass is 10.0. The number of aryl methyl sites for hydroxylation is 1. The SMILES string of the molecule is Cc1cnnn1CC(=O)Nc1ccc(C(C)C)cc1. The standard InChI is InChI=1S/C14H18N4O/c1-10(2)12-4-6-13(7-5-12)16-14(19)9-18-11(3)8-15-17-18/h4-8,10H,9H2,1-3H3,(H,16,19). The summed E-state index contributed by atoms with van der Waals surface area (Å²) in [4.78, 5) is 11.9. The molecule has 2 rings (SSSR count). The molecular weight excluding hydrogens is 240 g/mol. The number of carbonyl (C=O) groups is 1. The molecule has 0 fully saturated rings. The molecule has 1 aromatic heterocycles. The highest BCUT2D eigenvalue weighted by Gasteiger charge is 2.07. The summed E-state index contributed by atoms with van der Waals surface area (Å²) in [5, 5.41) is 10.4. The van der Waals surface area contributed by atoms with E-state index in [1.54, 1.807) is 10.9 Å². The Morgan fingerprint density at radius 1 is 1.32 bits per heavy atom. The van der Waals surface area contributed by atoms with E-state index in [1.807, 2.05) is 31.2 Å². The molecule has 1 N–H and O–H groups in total. The minimum Gasteiger partial charge on any atom is -0.324 e. The van der Waals surface area contributed by atoms with Crippen molar-refractivity contribution in [3.63, 3.8) is 0 Å². The van der Waals surface area contributed by atoms with Crippen molar-refractivity contribution in [2.75, 3.05) is 5.32 Å². The van der Waals surface area contributed by atoms with Gasteiger partial charge in [0, 0.05) is 5.69 Å². The zero-order valence-corrected chi connectivity index (χ0v) is 11.4. The van der Waals surface area contributed by atoms with E-state index >= 15 is 0 Å². The molecular formula is C14H18N4O. The van der Waals surface area contributed by atoms with Crippen molar-refractivity contribution in [1.82, 2.24) is 15.0 Å². The number of anilines is 1. The minimum atomic E-state index is -0.106. The number of nitrogens with zero attached hydrogens (tertiary/aromatic N) is 3. The van der Waals surface area contributed by atoms with Crippen LogP contribution in [0.5, 0.6) is 0 Å². The van der Waals surface area contributed by atoms with Crippen LogP contribution in [0.15, 0.2) is 30.5 Å². The Morgan fingerprint density at radius 3 is 2.53 bits per heavy atom. The first-order valence-electron chi connectivity index (χ1n) is 6.31. The van der Waals surface area contributed by atoms with E-state index in [4.69, 9.17) is 0 Å². The van der Waals surface area contributed by atoms with Gasteiger partial charge in [-0.2, -0.15) is 0 Å². The number of hydrogen-bond acceptors (Lipinski definition) is 3. The molecule has 0 spiro atoms. The molecule has 0 radical (unpaired) electrons. The molecule has 0 aliphatic rings. The fraction of sp³-hybridized carbons (Fsp3) is 0.357. The van der Waals surface area contributed by atoms with E-state index in [1.165, 1.54) is 5.56 Å². The first-order chi connectivity index (χ1) is 9.06. The summed E-state index contributed by atoms with van der Waals surface area (Å²) in [5.74, 6) is 0.383. The largest absolute Gasteiger partial charge is 0.324 e. The normalized spacial score (nSPS) is 10.7. The van der Waals surface area contributed by atoms with Gasteiger partial charge in [0.1, 0.15) is 6.54 Å². The van der Waals surface area contributed by atoms with Crippen molar-refractivity contribution in [3.05, 3.63) is 41.7 Å². The summed E-state index contributed by atoms with van der Waals surface area (Å²) >= 11 is 0. The fourth-order valence-corrected chi connectivity index (χ4v) is 1.75. The highest BCUT2D eigenvalue weighted by atomic mass is 16.2. The zero-order valence-electron chi connectivity index (χ0n) is 11.4. The van der Waals surface area contributed by atoms with Crippen LogP contribution in [-0.2, 0) is 11.3 Å². The third-order valence-corrected chi connectivity index (χ3v) is 2.97. The molecule has 100 valence electrons. The van der Waals surface area contributed by atoms with Crippen molar-refractivity contribution >= 4 is 11.6 Å². The molecule has 0 bridgehead atoms. The molecule has 0 saturated heterocycles. The lowest BCUT2D eigenvalue weighted by Crippen LogP contribution is -2.20. The number of hydrogen-bond donors (Lipinski definition) is 1. The molecule has 0 saturated carbocycles. The second kappa shape index (κ2) is 5.65. The van der Waals surface area contributed by atoms with Crippen molar-refractivity contribution in [3.8, 4) is 0 Å². The molecule has 5 heteroatoms. The maximum absolute atomic E-state index is 11.9. The Morgan fingerprint density at radius 2 is 2.00 bits per heavy atom. The molecule has 0 aliphatic heterocycles. The van der Waals surface area contributed by atoms with E-state index < -0.39 is 0 Å². The maximum atomic E-state index is 11.9. The van der Waals surface area contributed by atoms with Crippen LogP contribution >= 0.6 is 0 Å². The number of benzene rings is 1. The molecule has 0 aliphatic carbocycles. The second-order valence-electron chi connectivity index (χ2n) is 4.86. The maximum Gasteiger partial charge on any atom is 0.246 e. The summed E-state index contributed by atoms with van der Waals surface area (Å²) in [6, 6.07) is 7.89. The Labute approximate surface area is 112 Å². The van der Waals surface area contributed by atoms with E-state index in [9.17, 15) is 4.79 Å². The minimum absolute atomic E-state index is 0.106. The number of aromatic nitrogens is 3. The third-order valence-electron chi connectivity index (χ3n) is 2.97. The molecule has 0 unspecified atom stereocenters. The first kappa shape index (κ1) is 13.3. The van der Waals surface area contributed by atoms with Crippen molar-refractivity contribution in [1.29, 1.82) is 0 Å². The van der Waals surface area contributed by atoms with E-state index in [0.29, 0.717) is 5.92 Å². The van der Waals surface area contributed by atoms with Gasteiger partial charge in [0.05, 0.1) is 11.9 Å². The van der Waals surface area contributed by atoms with Crippen LogP contribution in [-0.4, -0.2) is 20.9 Å². The Kier molecular flexibility index (Phi) is 3.94. The zero-order chi connectivity index (χ0) is 13.8. The van der Waals surface area contributed by atoms with Crippen LogP contribution in [0.25, 0.3) is 0 Å². The monoisotopic (exact) mass is 258 g/mol. The van der Waals surface area contributed by atoms with Crippen LogP contribution in [0.3, 0.4) is 0 Å². The van der Waals surface area contributed by atoms with Gasteiger partial charge in [0.2, 0.25) is 5.91 Å². The van der Waals surface area contributed by atoms with Crippen molar-refractivity contribution in [2.45, 2.75) is 33.2 Å². The lowest BCUT2D eigenvalue weighted by molar-refractivity contribution is -0.117. The molecule has 1 aromatic carbocycles. The Hall–Kier alpha value is -2.17. The summed E-state index contributed by atoms with van der Waals surface area (Å²) < 4.78 is 1.57. The predicted octanol–water partition coefficient (Wildman–Crippen LogP) is 2.35. The topological polar surface area (TPSA) is 59.8 Å². The third kappa shape index (κ3) is 3.40. The van der Waals surface area contributed by atoms with Gasteiger partial charge in [-0.1, -0.05) is 31.2 Å². The molecule has 2 aromatic rings. The summed E-state index contributed by atoms with van der Waals surface area (Å²) in [7, 11) is 0. The Bertz CT molecular complexity index is 557. The molecule has 1 amide bonds. The molecule has 1 heterocycles. The number of carbonyl (C=O) groups excluding carboxylic acids is 1. The quantitative estimate of drug-likeness (QED) is 0.915. The first-order valence-corrected chi connectivity index (χ1v) is 6.31. The summed E-state index contributed by atoms with van der Waals surface area (Å²) in [5.41, 5.74) is 2.92. The van der Waals surface area contributed by atoms with Gasteiger partial charge < -0.3 is 5.32 Å². The lowest BCUT2D eigenvalue weighted by Gasteiger charge is -2.08. The summed E-state index contributed by atoms with van der Waals surface area (Å²) in [6.07, 6.45) is 1.63. The van der Waals surface area contributed by atoms with Gasteiger partial charge in [0.15, 0.2) is 0 Å². The van der Waals surface area contributed by atoms with Crippen molar-refractivity contribution < 1.29 is 4.79 Å². The van der Waals surface area contributed by atoms with Gasteiger partial charge in [-0.3, -0.25) is 4.79 Å². The average Bonchev–Trinajstić information content (AvgIpc) is 2.75. The summed E-state index contributed by atoms with van der Waals surface area (Å²) in [6.45, 7) is 6.32. The van der Waals surface area contributed by atoms with Gasteiger partial charge in [-0.25, -0.2) is 4.68 Å². The highest BCUT2D eigenvalue weighted by molar-refractivity contribution is 5.90. The van der Waals surface area contributed by atoms with E-state index in [0.717, 1.165) is 11.4 Å². The number of amides is 1. The number of rotatable bonds is 4. The van der Waals surface area contributed by atoms with Crippen LogP contribution < -0.4 is 5.32 Å².